The minimum absolute atomic E-state index is 0.0190. The second-order valence-corrected chi connectivity index (χ2v) is 3.99. The van der Waals surface area contributed by atoms with Crippen molar-refractivity contribution in [3.63, 3.8) is 0 Å². The van der Waals surface area contributed by atoms with E-state index in [1.54, 1.807) is 7.11 Å². The zero-order valence-corrected chi connectivity index (χ0v) is 9.05. The summed E-state index contributed by atoms with van der Waals surface area (Å²) >= 11 is 0. The summed E-state index contributed by atoms with van der Waals surface area (Å²) in [4.78, 5) is 4.15. The first-order valence-corrected chi connectivity index (χ1v) is 4.53. The van der Waals surface area contributed by atoms with E-state index in [9.17, 15) is 0 Å². The van der Waals surface area contributed by atoms with Gasteiger partial charge in [0.1, 0.15) is 0 Å². The van der Waals surface area contributed by atoms with Crippen LogP contribution in [0.5, 0.6) is 0 Å². The van der Waals surface area contributed by atoms with Crippen LogP contribution in [0.15, 0.2) is 4.99 Å². The highest BCUT2D eigenvalue weighted by atomic mass is 16.5. The Bertz CT molecular complexity index is 161. The number of rotatable bonds is 4. The summed E-state index contributed by atoms with van der Waals surface area (Å²) in [5.74, 6) is 0.503. The van der Waals surface area contributed by atoms with E-state index in [1.165, 1.54) is 0 Å². The van der Waals surface area contributed by atoms with Crippen molar-refractivity contribution in [2.24, 2.45) is 10.7 Å². The molecule has 0 rings (SSSR count). The number of guanidine groups is 1. The molecule has 0 aliphatic heterocycles. The minimum atomic E-state index is -0.0190. The van der Waals surface area contributed by atoms with E-state index < -0.39 is 0 Å². The van der Waals surface area contributed by atoms with E-state index in [4.69, 9.17) is 10.5 Å². The van der Waals surface area contributed by atoms with Crippen LogP contribution < -0.4 is 11.1 Å². The van der Waals surface area contributed by atoms with Crippen molar-refractivity contribution in [3.05, 3.63) is 0 Å². The zero-order chi connectivity index (χ0) is 10.3. The van der Waals surface area contributed by atoms with Gasteiger partial charge in [-0.15, -0.1) is 0 Å². The Morgan fingerprint density at radius 1 is 1.46 bits per heavy atom. The quantitative estimate of drug-likeness (QED) is 0.387. The van der Waals surface area contributed by atoms with E-state index in [-0.39, 0.29) is 5.54 Å². The smallest absolute Gasteiger partial charge is 0.188 e. The monoisotopic (exact) mass is 187 g/mol. The van der Waals surface area contributed by atoms with E-state index in [2.05, 4.69) is 10.3 Å². The Morgan fingerprint density at radius 3 is 2.54 bits per heavy atom. The Balaban J connectivity index is 3.63. The normalized spacial score (nSPS) is 13.1. The number of methoxy groups -OCH3 is 1. The maximum Gasteiger partial charge on any atom is 0.188 e. The highest BCUT2D eigenvalue weighted by molar-refractivity contribution is 5.78. The molecular weight excluding hydrogens is 166 g/mol. The SMILES string of the molecule is COCCCN=C(N)NC(C)(C)C. The molecule has 0 aliphatic rings. The van der Waals surface area contributed by atoms with Gasteiger partial charge < -0.3 is 15.8 Å². The third-order valence-electron chi connectivity index (χ3n) is 1.29. The van der Waals surface area contributed by atoms with Crippen LogP contribution in [0.3, 0.4) is 0 Å². The summed E-state index contributed by atoms with van der Waals surface area (Å²) in [5.41, 5.74) is 5.62. The molecule has 0 atom stereocenters. The molecule has 0 unspecified atom stereocenters. The van der Waals surface area contributed by atoms with Crippen LogP contribution in [0.4, 0.5) is 0 Å². The molecule has 0 fully saturated rings. The third-order valence-corrected chi connectivity index (χ3v) is 1.29. The van der Waals surface area contributed by atoms with Crippen LogP contribution >= 0.6 is 0 Å². The molecular formula is C9H21N3O. The van der Waals surface area contributed by atoms with Crippen molar-refractivity contribution in [2.75, 3.05) is 20.3 Å². The van der Waals surface area contributed by atoms with Gasteiger partial charge in [0.2, 0.25) is 0 Å². The number of hydrogen-bond acceptors (Lipinski definition) is 2. The summed E-state index contributed by atoms with van der Waals surface area (Å²) in [6.45, 7) is 7.58. The molecule has 0 aromatic carbocycles. The van der Waals surface area contributed by atoms with Gasteiger partial charge in [-0.3, -0.25) is 4.99 Å². The first-order chi connectivity index (χ1) is 5.95. The van der Waals surface area contributed by atoms with Crippen molar-refractivity contribution in [3.8, 4) is 0 Å². The van der Waals surface area contributed by atoms with Crippen LogP contribution in [0.2, 0.25) is 0 Å². The average Bonchev–Trinajstić information content (AvgIpc) is 1.94. The van der Waals surface area contributed by atoms with Gasteiger partial charge in [-0.2, -0.15) is 0 Å². The minimum Gasteiger partial charge on any atom is -0.385 e. The van der Waals surface area contributed by atoms with Gasteiger partial charge in [0, 0.05) is 25.8 Å². The summed E-state index contributed by atoms with van der Waals surface area (Å²) in [6.07, 6.45) is 0.906. The molecule has 0 saturated heterocycles. The molecule has 78 valence electrons. The number of nitrogens with one attached hydrogen (secondary N) is 1. The summed E-state index contributed by atoms with van der Waals surface area (Å²) in [7, 11) is 1.68. The molecule has 13 heavy (non-hydrogen) atoms. The zero-order valence-electron chi connectivity index (χ0n) is 9.05. The van der Waals surface area contributed by atoms with Crippen LogP contribution in [0.1, 0.15) is 27.2 Å². The van der Waals surface area contributed by atoms with E-state index in [1.807, 2.05) is 20.8 Å². The van der Waals surface area contributed by atoms with E-state index in [0.29, 0.717) is 12.5 Å². The Hall–Kier alpha value is -0.770. The molecule has 3 N–H and O–H groups in total. The van der Waals surface area contributed by atoms with Gasteiger partial charge in [0.25, 0.3) is 0 Å². The topological polar surface area (TPSA) is 59.6 Å². The first kappa shape index (κ1) is 12.2. The molecule has 0 bridgehead atoms. The molecule has 4 nitrogen and oxygen atoms in total. The van der Waals surface area contributed by atoms with Crippen molar-refractivity contribution in [1.29, 1.82) is 0 Å². The highest BCUT2D eigenvalue weighted by Gasteiger charge is 2.08. The van der Waals surface area contributed by atoms with Crippen molar-refractivity contribution >= 4 is 5.96 Å². The number of aliphatic imine (C=N–C) groups is 1. The second kappa shape index (κ2) is 5.80. The standard InChI is InChI=1S/C9H21N3O/c1-9(2,3)12-8(10)11-6-5-7-13-4/h5-7H2,1-4H3,(H3,10,11,12). The van der Waals surface area contributed by atoms with Crippen LogP contribution in [-0.4, -0.2) is 31.8 Å². The van der Waals surface area contributed by atoms with Crippen LogP contribution in [0, 0.1) is 0 Å². The predicted molar refractivity (Wildman–Crippen MR) is 55.9 cm³/mol. The maximum absolute atomic E-state index is 5.64. The van der Waals surface area contributed by atoms with Crippen molar-refractivity contribution < 1.29 is 4.74 Å². The van der Waals surface area contributed by atoms with Crippen molar-refractivity contribution in [2.45, 2.75) is 32.7 Å². The number of ether oxygens (including phenoxy) is 1. The maximum atomic E-state index is 5.64. The van der Waals surface area contributed by atoms with Crippen molar-refractivity contribution in [1.82, 2.24) is 5.32 Å². The Kier molecular flexibility index (Phi) is 5.46. The summed E-state index contributed by atoms with van der Waals surface area (Å²) in [6, 6.07) is 0. The van der Waals surface area contributed by atoms with Gasteiger partial charge in [0.15, 0.2) is 5.96 Å². The fraction of sp³-hybridized carbons (Fsp3) is 0.889. The summed E-state index contributed by atoms with van der Waals surface area (Å²) in [5, 5.41) is 3.08. The van der Waals surface area contributed by atoms with Crippen LogP contribution in [-0.2, 0) is 4.74 Å². The molecule has 0 aliphatic carbocycles. The lowest BCUT2D eigenvalue weighted by Crippen LogP contribution is -2.45. The van der Waals surface area contributed by atoms with E-state index in [0.717, 1.165) is 13.0 Å². The Labute approximate surface area is 80.6 Å². The lowest BCUT2D eigenvalue weighted by molar-refractivity contribution is 0.197. The molecule has 0 saturated carbocycles. The van der Waals surface area contributed by atoms with Crippen LogP contribution in [0.25, 0.3) is 0 Å². The van der Waals surface area contributed by atoms with Gasteiger partial charge in [-0.1, -0.05) is 0 Å². The Morgan fingerprint density at radius 2 is 2.08 bits per heavy atom. The number of nitrogens with two attached hydrogens (primary N) is 1. The molecule has 0 amide bonds. The predicted octanol–water partition coefficient (Wildman–Crippen LogP) is 0.726. The van der Waals surface area contributed by atoms with Gasteiger partial charge in [0.05, 0.1) is 0 Å². The lowest BCUT2D eigenvalue weighted by Gasteiger charge is -2.20. The van der Waals surface area contributed by atoms with E-state index >= 15 is 0 Å². The first-order valence-electron chi connectivity index (χ1n) is 4.53. The highest BCUT2D eigenvalue weighted by Crippen LogP contribution is 1.96. The molecule has 0 aromatic heterocycles. The molecule has 0 aromatic rings. The van der Waals surface area contributed by atoms with Gasteiger partial charge in [-0.05, 0) is 27.2 Å². The summed E-state index contributed by atoms with van der Waals surface area (Å²) < 4.78 is 4.89. The molecule has 0 heterocycles. The van der Waals surface area contributed by atoms with Gasteiger partial charge >= 0.3 is 0 Å². The number of hydrogen-bond donors (Lipinski definition) is 2. The lowest BCUT2D eigenvalue weighted by atomic mass is 10.1. The largest absolute Gasteiger partial charge is 0.385 e. The van der Waals surface area contributed by atoms with Gasteiger partial charge in [-0.25, -0.2) is 0 Å². The molecule has 4 heteroatoms. The molecule has 0 spiro atoms. The molecule has 0 radical (unpaired) electrons. The fourth-order valence-electron chi connectivity index (χ4n) is 0.832. The average molecular weight is 187 g/mol. The number of nitrogens with zero attached hydrogens (tertiary/aromatic N) is 1. The fourth-order valence-corrected chi connectivity index (χ4v) is 0.832. The third kappa shape index (κ3) is 9.14. The second-order valence-electron chi connectivity index (χ2n) is 3.99.